The monoisotopic (exact) mass is 286 g/mol. The van der Waals surface area contributed by atoms with Crippen LogP contribution in [-0.2, 0) is 11.2 Å². The average molecular weight is 286 g/mol. The molecule has 0 radical (unpaired) electrons. The number of benzene rings is 2. The van der Waals surface area contributed by atoms with E-state index < -0.39 is 0 Å². The molecule has 0 atom stereocenters. The molecule has 0 aromatic heterocycles. The van der Waals surface area contributed by atoms with Crippen LogP contribution in [-0.4, -0.2) is 16.2 Å². The molecular weight excluding hydrogens is 268 g/mol. The maximum Gasteiger partial charge on any atom is 0.311 e. The Morgan fingerprint density at radius 2 is 1.43 bits per heavy atom. The van der Waals surface area contributed by atoms with E-state index in [0.717, 1.165) is 24.8 Å². The van der Waals surface area contributed by atoms with Gasteiger partial charge in [-0.15, -0.1) is 0 Å². The van der Waals surface area contributed by atoms with Crippen LogP contribution >= 0.6 is 0 Å². The van der Waals surface area contributed by atoms with Gasteiger partial charge in [-0.2, -0.15) is 0 Å². The minimum atomic E-state index is -0.272. The minimum absolute atomic E-state index is 0.142. The third-order valence-corrected chi connectivity index (χ3v) is 3.10. The molecule has 2 N–H and O–H groups in total. The molecule has 0 aliphatic heterocycles. The van der Waals surface area contributed by atoms with Crippen molar-refractivity contribution in [1.29, 1.82) is 0 Å². The van der Waals surface area contributed by atoms with Gasteiger partial charge in [0.1, 0.15) is 17.2 Å². The number of esters is 1. The van der Waals surface area contributed by atoms with Gasteiger partial charge in [-0.3, -0.25) is 4.79 Å². The molecule has 0 bridgehead atoms. The Balaban J connectivity index is 1.67. The molecule has 0 spiro atoms. The number of carbonyl (C=O) groups is 1. The normalized spacial score (nSPS) is 10.3. The number of phenolic OH excluding ortho intramolecular Hbond substituents is 2. The van der Waals surface area contributed by atoms with E-state index in [4.69, 9.17) is 9.84 Å². The van der Waals surface area contributed by atoms with Crippen molar-refractivity contribution in [2.45, 2.75) is 25.7 Å². The van der Waals surface area contributed by atoms with Gasteiger partial charge in [-0.1, -0.05) is 12.1 Å². The molecular formula is C17H18O4. The lowest BCUT2D eigenvalue weighted by molar-refractivity contribution is -0.134. The Hall–Kier alpha value is -2.49. The Morgan fingerprint density at radius 1 is 0.857 bits per heavy atom. The maximum atomic E-state index is 11.6. The molecule has 0 unspecified atom stereocenters. The summed E-state index contributed by atoms with van der Waals surface area (Å²) in [5.74, 6) is 0.572. The predicted octanol–water partition coefficient (Wildman–Crippen LogP) is 3.42. The molecule has 0 aliphatic carbocycles. The highest BCUT2D eigenvalue weighted by atomic mass is 16.5. The molecule has 4 heteroatoms. The van der Waals surface area contributed by atoms with Crippen molar-refractivity contribution in [3.63, 3.8) is 0 Å². The molecule has 2 aromatic carbocycles. The third kappa shape index (κ3) is 5.18. The first-order chi connectivity index (χ1) is 10.1. The van der Waals surface area contributed by atoms with Gasteiger partial charge in [0.25, 0.3) is 0 Å². The summed E-state index contributed by atoms with van der Waals surface area (Å²) in [6.07, 6.45) is 2.86. The first-order valence-corrected chi connectivity index (χ1v) is 6.91. The fraction of sp³-hybridized carbons (Fsp3) is 0.235. The number of aryl methyl sites for hydroxylation is 1. The van der Waals surface area contributed by atoms with E-state index in [0.29, 0.717) is 12.2 Å². The van der Waals surface area contributed by atoms with Gasteiger partial charge < -0.3 is 14.9 Å². The number of hydrogen-bond acceptors (Lipinski definition) is 4. The summed E-state index contributed by atoms with van der Waals surface area (Å²) in [6, 6.07) is 13.2. The van der Waals surface area contributed by atoms with Crippen LogP contribution in [0.5, 0.6) is 17.2 Å². The van der Waals surface area contributed by atoms with E-state index in [-0.39, 0.29) is 17.5 Å². The van der Waals surface area contributed by atoms with Crippen molar-refractivity contribution in [3.8, 4) is 17.2 Å². The van der Waals surface area contributed by atoms with Crippen molar-refractivity contribution in [1.82, 2.24) is 0 Å². The molecule has 0 heterocycles. The van der Waals surface area contributed by atoms with Crippen LogP contribution in [0.4, 0.5) is 0 Å². The highest BCUT2D eigenvalue weighted by Crippen LogP contribution is 2.17. The summed E-state index contributed by atoms with van der Waals surface area (Å²) in [5.41, 5.74) is 1.14. The van der Waals surface area contributed by atoms with Gasteiger partial charge in [0.15, 0.2) is 0 Å². The standard InChI is InChI=1S/C17H18O4/c18-14-7-5-13(6-8-14)3-1-2-4-17(20)21-16-11-9-15(19)10-12-16/h5-12,18-19H,1-4H2. The third-order valence-electron chi connectivity index (χ3n) is 3.10. The molecule has 0 aliphatic rings. The Kier molecular flexibility index (Phi) is 5.21. The first-order valence-electron chi connectivity index (χ1n) is 6.91. The molecule has 0 fully saturated rings. The summed E-state index contributed by atoms with van der Waals surface area (Å²) < 4.78 is 5.15. The van der Waals surface area contributed by atoms with Gasteiger partial charge >= 0.3 is 5.97 Å². The molecule has 2 aromatic rings. The number of rotatable bonds is 6. The van der Waals surface area contributed by atoms with Crippen molar-refractivity contribution in [3.05, 3.63) is 54.1 Å². The lowest BCUT2D eigenvalue weighted by atomic mass is 10.1. The van der Waals surface area contributed by atoms with Crippen LogP contribution in [0.1, 0.15) is 24.8 Å². The molecule has 2 rings (SSSR count). The first kappa shape index (κ1) is 14.9. The summed E-state index contributed by atoms with van der Waals surface area (Å²) in [4.78, 5) is 11.6. The Bertz CT molecular complexity index is 573. The number of unbranched alkanes of at least 4 members (excludes halogenated alkanes) is 1. The second-order valence-electron chi connectivity index (χ2n) is 4.84. The van der Waals surface area contributed by atoms with Crippen molar-refractivity contribution in [2.24, 2.45) is 0 Å². The van der Waals surface area contributed by atoms with E-state index >= 15 is 0 Å². The smallest absolute Gasteiger partial charge is 0.311 e. The zero-order valence-electron chi connectivity index (χ0n) is 11.7. The fourth-order valence-electron chi connectivity index (χ4n) is 1.96. The molecule has 21 heavy (non-hydrogen) atoms. The fourth-order valence-corrected chi connectivity index (χ4v) is 1.96. The largest absolute Gasteiger partial charge is 0.508 e. The van der Waals surface area contributed by atoms with E-state index in [1.54, 1.807) is 24.3 Å². The van der Waals surface area contributed by atoms with E-state index in [1.807, 2.05) is 12.1 Å². The summed E-state index contributed by atoms with van der Waals surface area (Å²) in [7, 11) is 0. The van der Waals surface area contributed by atoms with Crippen LogP contribution in [0, 0.1) is 0 Å². The molecule has 0 saturated carbocycles. The Labute approximate surface area is 123 Å². The summed E-state index contributed by atoms with van der Waals surface area (Å²) >= 11 is 0. The second kappa shape index (κ2) is 7.33. The SMILES string of the molecule is O=C(CCCCc1ccc(O)cc1)Oc1ccc(O)cc1. The maximum absolute atomic E-state index is 11.6. The van der Waals surface area contributed by atoms with Crippen molar-refractivity contribution < 1.29 is 19.7 Å². The van der Waals surface area contributed by atoms with Crippen molar-refractivity contribution in [2.75, 3.05) is 0 Å². The number of carbonyl (C=O) groups excluding carboxylic acids is 1. The molecule has 0 saturated heterocycles. The zero-order chi connectivity index (χ0) is 15.1. The number of ether oxygens (including phenoxy) is 1. The number of phenols is 2. The van der Waals surface area contributed by atoms with E-state index in [9.17, 15) is 9.90 Å². The van der Waals surface area contributed by atoms with Gasteiger partial charge in [-0.05, 0) is 61.2 Å². The zero-order valence-corrected chi connectivity index (χ0v) is 11.7. The topological polar surface area (TPSA) is 66.8 Å². The molecule has 4 nitrogen and oxygen atoms in total. The molecule has 110 valence electrons. The van der Waals surface area contributed by atoms with Gasteiger partial charge in [0.05, 0.1) is 0 Å². The summed E-state index contributed by atoms with van der Waals surface area (Å²) in [5, 5.41) is 18.3. The average Bonchev–Trinajstić information content (AvgIpc) is 2.48. The van der Waals surface area contributed by atoms with Gasteiger partial charge in [0, 0.05) is 6.42 Å². The Morgan fingerprint density at radius 3 is 2.05 bits per heavy atom. The van der Waals surface area contributed by atoms with Crippen LogP contribution < -0.4 is 4.74 Å². The highest BCUT2D eigenvalue weighted by Gasteiger charge is 2.05. The van der Waals surface area contributed by atoms with Gasteiger partial charge in [0.2, 0.25) is 0 Å². The van der Waals surface area contributed by atoms with E-state index in [2.05, 4.69) is 0 Å². The highest BCUT2D eigenvalue weighted by molar-refractivity contribution is 5.72. The lowest BCUT2D eigenvalue weighted by Crippen LogP contribution is -2.07. The molecule has 0 amide bonds. The van der Waals surface area contributed by atoms with Crippen molar-refractivity contribution >= 4 is 5.97 Å². The quantitative estimate of drug-likeness (QED) is 0.485. The van der Waals surface area contributed by atoms with Crippen LogP contribution in [0.3, 0.4) is 0 Å². The number of aromatic hydroxyl groups is 2. The number of hydrogen-bond donors (Lipinski definition) is 2. The second-order valence-corrected chi connectivity index (χ2v) is 4.84. The lowest BCUT2D eigenvalue weighted by Gasteiger charge is -2.05. The van der Waals surface area contributed by atoms with Crippen LogP contribution in [0.25, 0.3) is 0 Å². The van der Waals surface area contributed by atoms with Gasteiger partial charge in [-0.25, -0.2) is 0 Å². The van der Waals surface area contributed by atoms with E-state index in [1.165, 1.54) is 12.1 Å². The predicted molar refractivity (Wildman–Crippen MR) is 79.4 cm³/mol. The van der Waals surface area contributed by atoms with Crippen LogP contribution in [0.15, 0.2) is 48.5 Å². The van der Waals surface area contributed by atoms with Crippen LogP contribution in [0.2, 0.25) is 0 Å². The minimum Gasteiger partial charge on any atom is -0.508 e. The summed E-state index contributed by atoms with van der Waals surface area (Å²) in [6.45, 7) is 0.